The molecule has 0 amide bonds. The smallest absolute Gasteiger partial charge is 0.235 e. The molecule has 23 heavy (non-hydrogen) atoms. The Kier molecular flexibility index (Phi) is 3.27. The molecule has 0 saturated carbocycles. The topological polar surface area (TPSA) is 52.3 Å². The molecule has 0 spiro atoms. The number of hydrogen-bond acceptors (Lipinski definition) is 5. The molecular formula is C16H11FN4OS. The van der Waals surface area contributed by atoms with Crippen LogP contribution in [0.2, 0.25) is 0 Å². The summed E-state index contributed by atoms with van der Waals surface area (Å²) in [5.74, 6) is 1.07. The van der Waals surface area contributed by atoms with Gasteiger partial charge in [0.2, 0.25) is 4.96 Å². The molecule has 114 valence electrons. The molecule has 4 aromatic rings. The molecule has 0 aliphatic heterocycles. The Morgan fingerprint density at radius 2 is 1.87 bits per heavy atom. The van der Waals surface area contributed by atoms with Gasteiger partial charge in [0, 0.05) is 11.1 Å². The lowest BCUT2D eigenvalue weighted by Gasteiger charge is -2.01. The van der Waals surface area contributed by atoms with Crippen LogP contribution in [0, 0.1) is 5.82 Å². The summed E-state index contributed by atoms with van der Waals surface area (Å²) >= 11 is 1.36. The Hall–Kier alpha value is -2.80. The van der Waals surface area contributed by atoms with E-state index in [1.807, 2.05) is 30.3 Å². The maximum absolute atomic E-state index is 13.4. The number of rotatable bonds is 3. The zero-order valence-corrected chi connectivity index (χ0v) is 12.9. The van der Waals surface area contributed by atoms with Gasteiger partial charge in [0.15, 0.2) is 5.82 Å². The summed E-state index contributed by atoms with van der Waals surface area (Å²) in [6.45, 7) is 0. The molecule has 5 nitrogen and oxygen atoms in total. The Bertz CT molecular complexity index is 995. The molecule has 7 heteroatoms. The molecular weight excluding hydrogens is 315 g/mol. The lowest BCUT2D eigenvalue weighted by Crippen LogP contribution is -1.92. The van der Waals surface area contributed by atoms with E-state index in [0.717, 1.165) is 16.9 Å². The van der Waals surface area contributed by atoms with Crippen molar-refractivity contribution < 1.29 is 9.13 Å². The van der Waals surface area contributed by atoms with E-state index in [4.69, 9.17) is 4.74 Å². The lowest BCUT2D eigenvalue weighted by molar-refractivity contribution is 0.415. The van der Waals surface area contributed by atoms with Crippen molar-refractivity contribution in [2.45, 2.75) is 0 Å². The highest BCUT2D eigenvalue weighted by molar-refractivity contribution is 7.19. The quantitative estimate of drug-likeness (QED) is 0.576. The van der Waals surface area contributed by atoms with Gasteiger partial charge in [0.1, 0.15) is 16.6 Å². The van der Waals surface area contributed by atoms with Gasteiger partial charge in [-0.25, -0.2) is 4.39 Å². The first kappa shape index (κ1) is 13.8. The minimum absolute atomic E-state index is 0.290. The second kappa shape index (κ2) is 5.44. The summed E-state index contributed by atoms with van der Waals surface area (Å²) in [5, 5.41) is 13.5. The average molecular weight is 326 g/mol. The summed E-state index contributed by atoms with van der Waals surface area (Å²) in [6.07, 6.45) is 0. The van der Waals surface area contributed by atoms with E-state index in [9.17, 15) is 4.39 Å². The van der Waals surface area contributed by atoms with E-state index in [1.54, 1.807) is 17.7 Å². The first-order chi connectivity index (χ1) is 11.2. The van der Waals surface area contributed by atoms with Gasteiger partial charge in [-0.3, -0.25) is 0 Å². The second-order valence-corrected chi connectivity index (χ2v) is 5.82. The monoisotopic (exact) mass is 326 g/mol. The summed E-state index contributed by atoms with van der Waals surface area (Å²) in [5.41, 5.74) is 1.57. The Morgan fingerprint density at radius 1 is 1.04 bits per heavy atom. The maximum Gasteiger partial charge on any atom is 0.235 e. The minimum Gasteiger partial charge on any atom is -0.497 e. The average Bonchev–Trinajstić information content (AvgIpc) is 3.15. The first-order valence-corrected chi connectivity index (χ1v) is 7.69. The van der Waals surface area contributed by atoms with Gasteiger partial charge < -0.3 is 4.74 Å². The molecule has 4 rings (SSSR count). The molecule has 0 N–H and O–H groups in total. The zero-order valence-electron chi connectivity index (χ0n) is 12.1. The summed E-state index contributed by atoms with van der Waals surface area (Å²) in [7, 11) is 1.61. The van der Waals surface area contributed by atoms with E-state index >= 15 is 0 Å². The van der Waals surface area contributed by atoms with Crippen molar-refractivity contribution in [3.8, 4) is 27.7 Å². The molecule has 0 saturated heterocycles. The normalized spacial score (nSPS) is 11.0. The number of aromatic nitrogens is 4. The van der Waals surface area contributed by atoms with Gasteiger partial charge in [-0.2, -0.15) is 9.61 Å². The third-order valence-electron chi connectivity index (χ3n) is 3.39. The number of methoxy groups -OCH3 is 1. The van der Waals surface area contributed by atoms with E-state index < -0.39 is 0 Å². The van der Waals surface area contributed by atoms with E-state index in [2.05, 4.69) is 15.3 Å². The van der Waals surface area contributed by atoms with Crippen molar-refractivity contribution in [1.29, 1.82) is 0 Å². The summed E-state index contributed by atoms with van der Waals surface area (Å²) < 4.78 is 20.3. The fraction of sp³-hybridized carbons (Fsp3) is 0.0625. The van der Waals surface area contributed by atoms with Gasteiger partial charge in [0.05, 0.1) is 7.11 Å². The molecule has 0 atom stereocenters. The Labute approximate surface area is 135 Å². The molecule has 2 aromatic heterocycles. The largest absolute Gasteiger partial charge is 0.497 e. The minimum atomic E-state index is -0.290. The zero-order chi connectivity index (χ0) is 15.8. The third kappa shape index (κ3) is 2.44. The molecule has 2 aromatic carbocycles. The van der Waals surface area contributed by atoms with Crippen molar-refractivity contribution in [2.24, 2.45) is 0 Å². The maximum atomic E-state index is 13.4. The molecule has 0 aliphatic carbocycles. The van der Waals surface area contributed by atoms with Crippen LogP contribution in [-0.2, 0) is 0 Å². The molecule has 0 radical (unpaired) electrons. The SMILES string of the molecule is COc1cccc(-c2nnc3sc(-c4cccc(F)c4)nn23)c1. The van der Waals surface area contributed by atoms with Crippen molar-refractivity contribution in [2.75, 3.05) is 7.11 Å². The van der Waals surface area contributed by atoms with Crippen molar-refractivity contribution in [1.82, 2.24) is 19.8 Å². The van der Waals surface area contributed by atoms with Crippen LogP contribution in [0.5, 0.6) is 5.75 Å². The Balaban J connectivity index is 1.83. The fourth-order valence-electron chi connectivity index (χ4n) is 2.30. The van der Waals surface area contributed by atoms with Crippen LogP contribution >= 0.6 is 11.3 Å². The Morgan fingerprint density at radius 3 is 2.70 bits per heavy atom. The van der Waals surface area contributed by atoms with E-state index in [1.165, 1.54) is 23.5 Å². The van der Waals surface area contributed by atoms with Gasteiger partial charge >= 0.3 is 0 Å². The standard InChI is InChI=1S/C16H11FN4OS/c1-22-13-7-3-4-10(9-13)14-18-19-16-21(14)20-15(23-16)11-5-2-6-12(17)8-11/h2-9H,1H3. The van der Waals surface area contributed by atoms with Crippen molar-refractivity contribution in [3.63, 3.8) is 0 Å². The first-order valence-electron chi connectivity index (χ1n) is 6.87. The number of ether oxygens (including phenoxy) is 1. The summed E-state index contributed by atoms with van der Waals surface area (Å²) in [4.78, 5) is 0.655. The van der Waals surface area contributed by atoms with Crippen LogP contribution in [0.25, 0.3) is 26.9 Å². The van der Waals surface area contributed by atoms with Crippen LogP contribution in [0.4, 0.5) is 4.39 Å². The predicted octanol–water partition coefficient (Wildman–Crippen LogP) is 3.67. The number of nitrogens with zero attached hydrogens (tertiary/aromatic N) is 4. The molecule has 0 fully saturated rings. The van der Waals surface area contributed by atoms with E-state index in [0.29, 0.717) is 15.8 Å². The van der Waals surface area contributed by atoms with Gasteiger partial charge in [-0.1, -0.05) is 35.6 Å². The highest BCUT2D eigenvalue weighted by atomic mass is 32.1. The van der Waals surface area contributed by atoms with Crippen LogP contribution in [0.1, 0.15) is 0 Å². The summed E-state index contributed by atoms with van der Waals surface area (Å²) in [6, 6.07) is 13.9. The third-order valence-corrected chi connectivity index (χ3v) is 4.34. The number of benzene rings is 2. The molecule has 2 heterocycles. The fourth-order valence-corrected chi connectivity index (χ4v) is 3.13. The second-order valence-electron chi connectivity index (χ2n) is 4.87. The van der Waals surface area contributed by atoms with Crippen LogP contribution < -0.4 is 4.74 Å². The molecule has 0 bridgehead atoms. The van der Waals surface area contributed by atoms with Gasteiger partial charge in [-0.15, -0.1) is 10.2 Å². The van der Waals surface area contributed by atoms with Crippen LogP contribution in [0.3, 0.4) is 0 Å². The highest BCUT2D eigenvalue weighted by Crippen LogP contribution is 2.29. The van der Waals surface area contributed by atoms with Gasteiger partial charge in [0.25, 0.3) is 0 Å². The highest BCUT2D eigenvalue weighted by Gasteiger charge is 2.15. The lowest BCUT2D eigenvalue weighted by atomic mass is 10.2. The number of fused-ring (bicyclic) bond motifs is 1. The number of hydrogen-bond donors (Lipinski definition) is 0. The molecule has 0 aliphatic rings. The van der Waals surface area contributed by atoms with Crippen molar-refractivity contribution >= 4 is 16.3 Å². The van der Waals surface area contributed by atoms with E-state index in [-0.39, 0.29) is 5.82 Å². The van der Waals surface area contributed by atoms with Crippen LogP contribution in [-0.4, -0.2) is 26.9 Å². The van der Waals surface area contributed by atoms with Crippen molar-refractivity contribution in [3.05, 3.63) is 54.3 Å². The van der Waals surface area contributed by atoms with Crippen LogP contribution in [0.15, 0.2) is 48.5 Å². The van der Waals surface area contributed by atoms with Gasteiger partial charge in [-0.05, 0) is 24.3 Å². The number of halogens is 1. The predicted molar refractivity (Wildman–Crippen MR) is 86.0 cm³/mol. The molecule has 0 unspecified atom stereocenters.